The van der Waals surface area contributed by atoms with Crippen molar-refractivity contribution in [2.75, 3.05) is 26.3 Å². The molecule has 1 N–H and O–H groups in total. The van der Waals surface area contributed by atoms with Crippen LogP contribution in [-0.4, -0.2) is 48.5 Å². The van der Waals surface area contributed by atoms with E-state index in [1.807, 2.05) is 4.90 Å². The van der Waals surface area contributed by atoms with Gasteiger partial charge < -0.3 is 19.5 Å². The number of likely N-dealkylation sites (tertiary alicyclic amines) is 1. The largest absolute Gasteiger partial charge is 0.459 e. The zero-order chi connectivity index (χ0) is 18.2. The van der Waals surface area contributed by atoms with Gasteiger partial charge in [0.05, 0.1) is 6.61 Å². The van der Waals surface area contributed by atoms with Gasteiger partial charge >= 0.3 is 0 Å². The quantitative estimate of drug-likeness (QED) is 0.700. The Morgan fingerprint density at radius 3 is 2.50 bits per heavy atom. The number of rotatable bonds is 7. The zero-order valence-corrected chi connectivity index (χ0v) is 16.0. The predicted octanol–water partition coefficient (Wildman–Crippen LogP) is 3.61. The van der Waals surface area contributed by atoms with Crippen LogP contribution in [-0.2, 0) is 14.3 Å². The number of unbranched alkanes of at least 4 members (excludes halogenated alkanes) is 1. The second-order valence-electron chi connectivity index (χ2n) is 8.03. The molecule has 0 aromatic heterocycles. The molecule has 1 amide bonds. The second kappa shape index (κ2) is 10.3. The van der Waals surface area contributed by atoms with Crippen LogP contribution in [0.5, 0.6) is 0 Å². The Kier molecular flexibility index (Phi) is 7.81. The van der Waals surface area contributed by atoms with E-state index in [-0.39, 0.29) is 18.8 Å². The second-order valence-corrected chi connectivity index (χ2v) is 8.03. The van der Waals surface area contributed by atoms with Crippen LogP contribution in [0.4, 0.5) is 0 Å². The van der Waals surface area contributed by atoms with Gasteiger partial charge in [-0.05, 0) is 56.4 Å². The first-order valence-corrected chi connectivity index (χ1v) is 10.7. The molecule has 3 aliphatic rings. The highest BCUT2D eigenvalue weighted by Crippen LogP contribution is 2.40. The normalized spacial score (nSPS) is 27.7. The number of hydrogen-bond donors (Lipinski definition) is 1. The molecule has 2 atom stereocenters. The summed E-state index contributed by atoms with van der Waals surface area (Å²) in [7, 11) is 0. The Morgan fingerprint density at radius 1 is 1.12 bits per heavy atom. The van der Waals surface area contributed by atoms with Crippen molar-refractivity contribution in [2.24, 2.45) is 11.8 Å². The number of amides is 1. The maximum Gasteiger partial charge on any atom is 0.288 e. The monoisotopic (exact) mass is 365 g/mol. The van der Waals surface area contributed by atoms with Crippen molar-refractivity contribution in [1.82, 2.24) is 4.90 Å². The van der Waals surface area contributed by atoms with E-state index in [1.54, 1.807) is 0 Å². The van der Waals surface area contributed by atoms with Crippen LogP contribution >= 0.6 is 0 Å². The number of carbonyl (C=O) groups excluding carboxylic acids is 1. The fourth-order valence-electron chi connectivity index (χ4n) is 4.17. The number of nitrogens with zero attached hydrogens (tertiary/aromatic N) is 1. The Bertz CT molecular complexity index is 467. The van der Waals surface area contributed by atoms with Gasteiger partial charge in [0.1, 0.15) is 0 Å². The Morgan fingerprint density at radius 2 is 1.85 bits per heavy atom. The number of aliphatic hydroxyl groups is 1. The van der Waals surface area contributed by atoms with Gasteiger partial charge in [0.2, 0.25) is 6.29 Å². The molecule has 26 heavy (non-hydrogen) atoms. The van der Waals surface area contributed by atoms with E-state index in [9.17, 15) is 4.79 Å². The van der Waals surface area contributed by atoms with Crippen LogP contribution in [0.2, 0.25) is 0 Å². The molecule has 3 rings (SSSR count). The molecular weight excluding hydrogens is 330 g/mol. The van der Waals surface area contributed by atoms with Crippen molar-refractivity contribution in [3.8, 4) is 0 Å². The number of aliphatic hydroxyl groups excluding tert-OH is 1. The zero-order valence-electron chi connectivity index (χ0n) is 16.0. The van der Waals surface area contributed by atoms with Gasteiger partial charge in [0.25, 0.3) is 5.91 Å². The molecule has 0 radical (unpaired) electrons. The Labute approximate surface area is 157 Å². The summed E-state index contributed by atoms with van der Waals surface area (Å²) in [5.74, 6) is 1.65. The molecule has 1 saturated heterocycles. The van der Waals surface area contributed by atoms with E-state index in [1.165, 1.54) is 38.5 Å². The summed E-state index contributed by atoms with van der Waals surface area (Å²) in [5, 5.41) is 8.91. The highest BCUT2D eigenvalue weighted by Gasteiger charge is 2.35. The van der Waals surface area contributed by atoms with Crippen molar-refractivity contribution in [3.63, 3.8) is 0 Å². The summed E-state index contributed by atoms with van der Waals surface area (Å²) in [5.41, 5.74) is 0. The van der Waals surface area contributed by atoms with Gasteiger partial charge in [-0.1, -0.05) is 25.7 Å². The Balaban J connectivity index is 1.61. The molecule has 1 aliphatic carbocycles. The molecule has 148 valence electrons. The maximum atomic E-state index is 13.1. The predicted molar refractivity (Wildman–Crippen MR) is 100 cm³/mol. The number of ether oxygens (including phenoxy) is 2. The third-order valence-corrected chi connectivity index (χ3v) is 6.05. The van der Waals surface area contributed by atoms with E-state index < -0.39 is 0 Å². The molecule has 2 heterocycles. The van der Waals surface area contributed by atoms with E-state index in [0.717, 1.165) is 45.2 Å². The average molecular weight is 366 g/mol. The van der Waals surface area contributed by atoms with E-state index >= 15 is 0 Å². The van der Waals surface area contributed by atoms with Crippen molar-refractivity contribution in [3.05, 3.63) is 11.8 Å². The van der Waals surface area contributed by atoms with E-state index in [4.69, 9.17) is 14.6 Å². The van der Waals surface area contributed by atoms with Crippen molar-refractivity contribution >= 4 is 5.91 Å². The van der Waals surface area contributed by atoms with Crippen LogP contribution in [0.15, 0.2) is 11.8 Å². The first-order valence-electron chi connectivity index (χ1n) is 10.7. The smallest absolute Gasteiger partial charge is 0.288 e. The van der Waals surface area contributed by atoms with Gasteiger partial charge in [0, 0.05) is 26.1 Å². The standard InChI is InChI=1S/C21H35NO4/c23-13-6-7-14-25-20-16-18(17-9-8-10-17)15-19(26-20)21(24)22-11-4-2-1-3-5-12-22/h15,17-18,20,23H,1-14,16H2/t18-,20+/m0/s1. The molecule has 0 bridgehead atoms. The minimum Gasteiger partial charge on any atom is -0.459 e. The Hall–Kier alpha value is -1.07. The van der Waals surface area contributed by atoms with Crippen LogP contribution in [0.3, 0.4) is 0 Å². The first-order chi connectivity index (χ1) is 12.8. The van der Waals surface area contributed by atoms with E-state index in [0.29, 0.717) is 24.2 Å². The molecule has 0 aromatic rings. The fourth-order valence-corrected chi connectivity index (χ4v) is 4.17. The maximum absolute atomic E-state index is 13.1. The van der Waals surface area contributed by atoms with Gasteiger partial charge in [-0.3, -0.25) is 4.79 Å². The van der Waals surface area contributed by atoms with Crippen LogP contribution < -0.4 is 0 Å². The summed E-state index contributed by atoms with van der Waals surface area (Å²) in [6.45, 7) is 2.46. The summed E-state index contributed by atoms with van der Waals surface area (Å²) in [4.78, 5) is 15.0. The molecule has 0 unspecified atom stereocenters. The molecule has 0 aromatic carbocycles. The third-order valence-electron chi connectivity index (χ3n) is 6.05. The molecule has 2 fully saturated rings. The summed E-state index contributed by atoms with van der Waals surface area (Å²) < 4.78 is 11.9. The molecular formula is C21H35NO4. The molecule has 1 saturated carbocycles. The summed E-state index contributed by atoms with van der Waals surface area (Å²) in [6.07, 6.45) is 13.9. The van der Waals surface area contributed by atoms with Crippen LogP contribution in [0.25, 0.3) is 0 Å². The highest BCUT2D eigenvalue weighted by atomic mass is 16.7. The lowest BCUT2D eigenvalue weighted by Crippen LogP contribution is -2.39. The summed E-state index contributed by atoms with van der Waals surface area (Å²) >= 11 is 0. The minimum atomic E-state index is -0.321. The lowest BCUT2D eigenvalue weighted by Gasteiger charge is -2.38. The summed E-state index contributed by atoms with van der Waals surface area (Å²) in [6, 6.07) is 0. The SMILES string of the molecule is O=C(C1=C[C@H](C2CCC2)C[C@H](OCCCCO)O1)N1CCCCCCC1. The minimum absolute atomic E-state index is 0.0554. The van der Waals surface area contributed by atoms with Crippen LogP contribution in [0, 0.1) is 11.8 Å². The lowest BCUT2D eigenvalue weighted by molar-refractivity contribution is -0.158. The third kappa shape index (κ3) is 5.46. The topological polar surface area (TPSA) is 59.0 Å². The molecule has 5 heteroatoms. The molecule has 2 aliphatic heterocycles. The highest BCUT2D eigenvalue weighted by molar-refractivity contribution is 5.91. The van der Waals surface area contributed by atoms with Crippen molar-refractivity contribution < 1.29 is 19.4 Å². The first kappa shape index (κ1) is 19.7. The fraction of sp³-hybridized carbons (Fsp3) is 0.857. The van der Waals surface area contributed by atoms with Crippen molar-refractivity contribution in [1.29, 1.82) is 0 Å². The van der Waals surface area contributed by atoms with Gasteiger partial charge in [-0.15, -0.1) is 0 Å². The van der Waals surface area contributed by atoms with Gasteiger partial charge in [-0.25, -0.2) is 0 Å². The molecule has 5 nitrogen and oxygen atoms in total. The van der Waals surface area contributed by atoms with Crippen LogP contribution in [0.1, 0.15) is 70.6 Å². The van der Waals surface area contributed by atoms with Gasteiger partial charge in [-0.2, -0.15) is 0 Å². The number of hydrogen-bond acceptors (Lipinski definition) is 4. The van der Waals surface area contributed by atoms with Crippen molar-refractivity contribution in [2.45, 2.75) is 76.9 Å². The molecule has 0 spiro atoms. The van der Waals surface area contributed by atoms with Gasteiger partial charge in [0.15, 0.2) is 5.76 Å². The average Bonchev–Trinajstić information content (AvgIpc) is 2.56. The van der Waals surface area contributed by atoms with E-state index in [2.05, 4.69) is 6.08 Å². The number of allylic oxidation sites excluding steroid dienone is 1. The number of carbonyl (C=O) groups is 1. The lowest BCUT2D eigenvalue weighted by atomic mass is 9.73.